The third-order valence-electron chi connectivity index (χ3n) is 14.1. The fourth-order valence-electron chi connectivity index (χ4n) is 12.3. The van der Waals surface area contributed by atoms with Gasteiger partial charge in [-0.25, -0.2) is 4.79 Å². The molecular weight excluding hydrogens is 647 g/mol. The van der Waals surface area contributed by atoms with Crippen LogP contribution in [0.1, 0.15) is 154 Å². The number of hydrogen-bond donors (Lipinski definition) is 3. The topological polar surface area (TPSA) is 104 Å². The summed E-state index contributed by atoms with van der Waals surface area (Å²) in [4.78, 5) is 30.6. The first-order valence-electron chi connectivity index (χ1n) is 19.4. The van der Waals surface area contributed by atoms with Crippen molar-refractivity contribution < 1.29 is 24.6 Å². The van der Waals surface area contributed by atoms with Crippen LogP contribution in [0.15, 0.2) is 24.3 Å². The van der Waals surface area contributed by atoms with Crippen LogP contribution in [0.2, 0.25) is 0 Å². The highest BCUT2D eigenvalue weighted by atomic mass is 16.4. The smallest absolute Gasteiger partial charge is 0.335 e. The van der Waals surface area contributed by atoms with E-state index in [0.717, 1.165) is 29.6 Å². The van der Waals surface area contributed by atoms with Gasteiger partial charge < -0.3 is 15.5 Å². The van der Waals surface area contributed by atoms with Crippen LogP contribution in [-0.4, -0.2) is 35.1 Å². The van der Waals surface area contributed by atoms with Gasteiger partial charge in [0.15, 0.2) is 0 Å². The Labute approximate surface area is 317 Å². The highest BCUT2D eigenvalue weighted by molar-refractivity contribution is 5.87. The molecular formula is C46H69NO5. The van der Waals surface area contributed by atoms with Crippen LogP contribution in [0.5, 0.6) is 0 Å². The molecule has 3 N–H and O–H groups in total. The summed E-state index contributed by atoms with van der Waals surface area (Å²) in [5, 5.41) is 19.6. The van der Waals surface area contributed by atoms with Crippen LogP contribution >= 0.6 is 0 Å². The molecule has 52 heavy (non-hydrogen) atoms. The molecule has 9 atom stereocenters. The maximum atomic E-state index is 11.4. The van der Waals surface area contributed by atoms with Crippen LogP contribution in [0, 0.1) is 89.8 Å². The van der Waals surface area contributed by atoms with Crippen LogP contribution in [0.25, 0.3) is 0 Å². The van der Waals surface area contributed by atoms with E-state index in [9.17, 15) is 19.5 Å². The summed E-state index contributed by atoms with van der Waals surface area (Å²) in [7, 11) is 0. The number of carboxylic acids is 2. The van der Waals surface area contributed by atoms with Crippen LogP contribution in [0.4, 0.5) is 0 Å². The molecule has 6 heteroatoms. The van der Waals surface area contributed by atoms with Gasteiger partial charge in [-0.2, -0.15) is 0 Å². The summed E-state index contributed by atoms with van der Waals surface area (Å²) in [5.74, 6) is 3.38. The molecule has 1 amide bonds. The third-order valence-corrected chi connectivity index (χ3v) is 14.1. The first-order chi connectivity index (χ1) is 24.7. The van der Waals surface area contributed by atoms with E-state index in [1.807, 2.05) is 12.1 Å². The van der Waals surface area contributed by atoms with E-state index in [1.54, 1.807) is 0 Å². The highest BCUT2D eigenvalue weighted by Crippen LogP contribution is 2.74. The zero-order valence-corrected chi connectivity index (χ0v) is 33.3. The molecule has 0 bridgehead atoms. The fourth-order valence-corrected chi connectivity index (χ4v) is 12.3. The zero-order chi connectivity index (χ0) is 39.9. The summed E-state index contributed by atoms with van der Waals surface area (Å²) < 4.78 is 0. The monoisotopic (exact) mass is 716 g/mol. The second-order valence-electron chi connectivity index (χ2n) is 17.0. The van der Waals surface area contributed by atoms with Gasteiger partial charge >= 0.3 is 11.9 Å². The van der Waals surface area contributed by atoms with Gasteiger partial charge in [-0.15, -0.1) is 38.5 Å². The zero-order valence-electron chi connectivity index (χ0n) is 33.3. The minimum absolute atomic E-state index is 0.0151. The Hall–Kier alpha value is -3.69. The summed E-state index contributed by atoms with van der Waals surface area (Å²) >= 11 is 0. The molecule has 5 saturated carbocycles. The largest absolute Gasteiger partial charge is 0.481 e. The molecule has 0 heterocycles. The summed E-state index contributed by atoms with van der Waals surface area (Å²) in [6.45, 7) is 17.6. The lowest BCUT2D eigenvalue weighted by Gasteiger charge is -2.69. The van der Waals surface area contributed by atoms with E-state index >= 15 is 0 Å². The van der Waals surface area contributed by atoms with E-state index in [1.165, 1.54) is 82.6 Å². The predicted molar refractivity (Wildman–Crippen MR) is 214 cm³/mol. The van der Waals surface area contributed by atoms with Gasteiger partial charge in [0.1, 0.15) is 0 Å². The van der Waals surface area contributed by atoms with Crippen molar-refractivity contribution in [1.29, 1.82) is 0 Å². The molecule has 4 unspecified atom stereocenters. The van der Waals surface area contributed by atoms with Gasteiger partial charge in [0.05, 0.1) is 12.0 Å². The molecule has 0 aliphatic heterocycles. The van der Waals surface area contributed by atoms with Gasteiger partial charge in [-0.1, -0.05) is 73.4 Å². The van der Waals surface area contributed by atoms with E-state index < -0.39 is 11.9 Å². The molecule has 1 aromatic rings. The maximum Gasteiger partial charge on any atom is 0.335 e. The summed E-state index contributed by atoms with van der Waals surface area (Å²) in [6.07, 6.45) is 41.5. The van der Waals surface area contributed by atoms with Gasteiger partial charge in [0, 0.05) is 6.54 Å². The van der Waals surface area contributed by atoms with Crippen LogP contribution in [-0.2, 0) is 9.59 Å². The molecule has 0 spiro atoms. The number of nitrogens with one attached hydrogen (secondary N) is 1. The number of carbonyl (C=O) groups is 3. The number of rotatable bonds is 6. The second kappa shape index (κ2) is 20.5. The van der Waals surface area contributed by atoms with E-state index in [4.69, 9.17) is 5.11 Å². The Balaban J connectivity index is 0.000000679. The SMILES string of the molecule is C#C.C#C.C#C.CC1(C)C2CC[C@@]3(C)C4CC[C@@]5(C)CCCC5[C@H]4CCC3[C@@]2(C)CC[C@@H]1c1ccc(C(=O)O)cc1.CCC.O=CNCCC(=O)O. The number of carbonyl (C=O) groups excluding carboxylic acids is 1. The number of fused-ring (bicyclic) bond motifs is 7. The summed E-state index contributed by atoms with van der Waals surface area (Å²) in [5.41, 5.74) is 3.63. The van der Waals surface area contributed by atoms with E-state index in [-0.39, 0.29) is 18.4 Å². The molecule has 0 radical (unpaired) electrons. The number of carboxylic acid groups (broad SMARTS) is 2. The number of aromatic carboxylic acids is 1. The Morgan fingerprint density at radius 1 is 0.750 bits per heavy atom. The number of amides is 1. The Kier molecular flexibility index (Phi) is 18.3. The lowest BCUT2D eigenvalue weighted by Crippen LogP contribution is -2.62. The van der Waals surface area contributed by atoms with Crippen molar-refractivity contribution in [3.63, 3.8) is 0 Å². The number of hydrogen-bond acceptors (Lipinski definition) is 3. The molecule has 1 aromatic carbocycles. The normalized spacial score (nSPS) is 34.2. The van der Waals surface area contributed by atoms with E-state index in [2.05, 4.69) is 104 Å². The van der Waals surface area contributed by atoms with Crippen molar-refractivity contribution in [3.8, 4) is 38.5 Å². The average Bonchev–Trinajstić information content (AvgIpc) is 3.53. The van der Waals surface area contributed by atoms with Crippen molar-refractivity contribution in [2.24, 2.45) is 51.2 Å². The lowest BCUT2D eigenvalue weighted by atomic mass is 9.35. The fraction of sp³-hybridized carbons (Fsp3) is 0.674. The van der Waals surface area contributed by atoms with Crippen LogP contribution < -0.4 is 5.32 Å². The van der Waals surface area contributed by atoms with Crippen molar-refractivity contribution >= 4 is 18.3 Å². The maximum absolute atomic E-state index is 11.4. The molecule has 5 aliphatic carbocycles. The highest BCUT2D eigenvalue weighted by Gasteiger charge is 2.65. The Morgan fingerprint density at radius 2 is 1.33 bits per heavy atom. The minimum atomic E-state index is -0.903. The molecule has 0 aromatic heterocycles. The quantitative estimate of drug-likeness (QED) is 0.155. The lowest BCUT2D eigenvalue weighted by molar-refractivity contribution is -0.198. The number of terminal acetylenes is 3. The molecule has 5 fully saturated rings. The number of aliphatic carboxylic acids is 1. The average molecular weight is 716 g/mol. The minimum Gasteiger partial charge on any atom is -0.481 e. The Morgan fingerprint density at radius 3 is 1.87 bits per heavy atom. The van der Waals surface area contributed by atoms with Gasteiger partial charge in [-0.3, -0.25) is 9.59 Å². The number of benzene rings is 1. The predicted octanol–water partition coefficient (Wildman–Crippen LogP) is 10.3. The van der Waals surface area contributed by atoms with Crippen molar-refractivity contribution in [2.45, 2.75) is 138 Å². The molecule has 0 saturated heterocycles. The molecule has 6 nitrogen and oxygen atoms in total. The third kappa shape index (κ3) is 9.64. The van der Waals surface area contributed by atoms with E-state index in [0.29, 0.717) is 34.1 Å². The standard InChI is InChI=1S/C33H48O2.C4H7NO3.C3H8.3C2H2/c1-30(2)24(21-8-10-22(11-9-21)29(34)35)15-19-33(5)27(30)16-20-32(4)26-14-18-31(3)17-6-7-25(31)23(26)12-13-28(32)33;6-3-5-2-1-4(7)8;1-3-2;3*1-2/h8-11,23-28H,6-7,12-20H2,1-5H3,(H,34,35);3H,1-2H2,(H,5,6)(H,7,8);3H2,1-2H3;3*1-2H/t23-,24-,25?,26?,27?,28?,31-,32+,33+;;;;;/m1...../s1. The Bertz CT molecular complexity index is 1330. The van der Waals surface area contributed by atoms with Gasteiger partial charge in [-0.05, 0) is 139 Å². The van der Waals surface area contributed by atoms with Gasteiger partial charge in [0.25, 0.3) is 0 Å². The van der Waals surface area contributed by atoms with Crippen LogP contribution in [0.3, 0.4) is 0 Å². The molecule has 5 aliphatic rings. The molecule has 288 valence electrons. The van der Waals surface area contributed by atoms with Gasteiger partial charge in [0.2, 0.25) is 6.41 Å². The van der Waals surface area contributed by atoms with Crippen molar-refractivity contribution in [2.75, 3.05) is 6.54 Å². The molecule has 6 rings (SSSR count). The first kappa shape index (κ1) is 46.3. The first-order valence-corrected chi connectivity index (χ1v) is 19.4. The van der Waals surface area contributed by atoms with Crippen molar-refractivity contribution in [3.05, 3.63) is 35.4 Å². The summed E-state index contributed by atoms with van der Waals surface area (Å²) in [6, 6.07) is 7.86. The second-order valence-corrected chi connectivity index (χ2v) is 17.0. The van der Waals surface area contributed by atoms with Crippen molar-refractivity contribution in [1.82, 2.24) is 5.32 Å².